The number of para-hydroxylation sites is 2. The molecule has 19 heavy (non-hydrogen) atoms. The number of aliphatic carboxylic acids is 1. The van der Waals surface area contributed by atoms with Gasteiger partial charge in [-0.05, 0) is 18.6 Å². The summed E-state index contributed by atoms with van der Waals surface area (Å²) < 4.78 is 5.09. The third-order valence-corrected chi connectivity index (χ3v) is 2.48. The minimum Gasteiger partial charge on any atom is -0.480 e. The lowest BCUT2D eigenvalue weighted by atomic mass is 10.1. The van der Waals surface area contributed by atoms with Gasteiger partial charge in [-0.2, -0.15) is 0 Å². The number of carboxylic acids is 1. The first-order valence-corrected chi connectivity index (χ1v) is 6.02. The average molecular weight is 266 g/mol. The molecule has 0 aliphatic carbocycles. The number of carboxylic acid groups (broad SMARTS) is 1. The van der Waals surface area contributed by atoms with Crippen LogP contribution in [0.5, 0.6) is 5.75 Å². The van der Waals surface area contributed by atoms with Crippen molar-refractivity contribution in [2.45, 2.75) is 25.8 Å². The Morgan fingerprint density at radius 2 is 2.11 bits per heavy atom. The van der Waals surface area contributed by atoms with Crippen molar-refractivity contribution >= 4 is 17.6 Å². The zero-order valence-corrected chi connectivity index (χ0v) is 10.8. The van der Waals surface area contributed by atoms with Crippen molar-refractivity contribution in [2.75, 3.05) is 11.9 Å². The predicted molar refractivity (Wildman–Crippen MR) is 71.1 cm³/mol. The van der Waals surface area contributed by atoms with E-state index in [4.69, 9.17) is 15.6 Å². The van der Waals surface area contributed by atoms with Crippen LogP contribution in [-0.4, -0.2) is 29.6 Å². The van der Waals surface area contributed by atoms with Crippen molar-refractivity contribution in [1.29, 1.82) is 0 Å². The molecular formula is C13H18N2O4. The van der Waals surface area contributed by atoms with Gasteiger partial charge in [0.25, 0.3) is 0 Å². The number of carbonyl (C=O) groups excluding carboxylic acids is 1. The highest BCUT2D eigenvalue weighted by molar-refractivity contribution is 5.92. The summed E-state index contributed by atoms with van der Waals surface area (Å²) in [6.45, 7) is 1.45. The second-order valence-electron chi connectivity index (χ2n) is 4.10. The summed E-state index contributed by atoms with van der Waals surface area (Å²) in [6, 6.07) is 6.48. The third-order valence-electron chi connectivity index (χ3n) is 2.48. The van der Waals surface area contributed by atoms with Gasteiger partial charge in [-0.3, -0.25) is 4.79 Å². The Kier molecular flexibility index (Phi) is 5.81. The summed E-state index contributed by atoms with van der Waals surface area (Å²) in [7, 11) is 0. The standard InChI is InChI=1S/C13H18N2O4/c1-2-9(14)7-12(16)15-10-5-3-4-6-11(10)19-8-13(17)18/h3-6,9H,2,7-8,14H2,1H3,(H,15,16)(H,17,18). The van der Waals surface area contributed by atoms with Crippen molar-refractivity contribution in [1.82, 2.24) is 0 Å². The summed E-state index contributed by atoms with van der Waals surface area (Å²) >= 11 is 0. The van der Waals surface area contributed by atoms with Crippen LogP contribution in [0, 0.1) is 0 Å². The van der Waals surface area contributed by atoms with Gasteiger partial charge >= 0.3 is 5.97 Å². The Labute approximate surface area is 111 Å². The average Bonchev–Trinajstić information content (AvgIpc) is 2.37. The largest absolute Gasteiger partial charge is 0.480 e. The van der Waals surface area contributed by atoms with Crippen LogP contribution in [0.1, 0.15) is 19.8 Å². The molecule has 6 nitrogen and oxygen atoms in total. The highest BCUT2D eigenvalue weighted by atomic mass is 16.5. The highest BCUT2D eigenvalue weighted by Gasteiger charge is 2.11. The van der Waals surface area contributed by atoms with Crippen LogP contribution in [0.4, 0.5) is 5.69 Å². The molecule has 0 spiro atoms. The fourth-order valence-corrected chi connectivity index (χ4v) is 1.42. The zero-order valence-electron chi connectivity index (χ0n) is 10.8. The van der Waals surface area contributed by atoms with Crippen molar-refractivity contribution < 1.29 is 19.4 Å². The summed E-state index contributed by atoms with van der Waals surface area (Å²) in [4.78, 5) is 22.2. The van der Waals surface area contributed by atoms with Gasteiger partial charge < -0.3 is 20.9 Å². The summed E-state index contributed by atoms with van der Waals surface area (Å²) in [5.41, 5.74) is 6.14. The number of nitrogens with one attached hydrogen (secondary N) is 1. The van der Waals surface area contributed by atoms with Crippen molar-refractivity contribution in [3.63, 3.8) is 0 Å². The molecule has 0 heterocycles. The molecule has 0 aromatic heterocycles. The van der Waals surface area contributed by atoms with Crippen molar-refractivity contribution in [3.05, 3.63) is 24.3 Å². The molecule has 6 heteroatoms. The Morgan fingerprint density at radius 1 is 1.42 bits per heavy atom. The second-order valence-corrected chi connectivity index (χ2v) is 4.10. The van der Waals surface area contributed by atoms with Crippen LogP contribution < -0.4 is 15.8 Å². The van der Waals surface area contributed by atoms with E-state index in [1.54, 1.807) is 24.3 Å². The minimum absolute atomic E-state index is 0.188. The van der Waals surface area contributed by atoms with Gasteiger partial charge in [0.1, 0.15) is 5.75 Å². The van der Waals surface area contributed by atoms with Crippen LogP contribution in [0.25, 0.3) is 0 Å². The number of ether oxygens (including phenoxy) is 1. The summed E-state index contributed by atoms with van der Waals surface area (Å²) in [6.07, 6.45) is 0.925. The second kappa shape index (κ2) is 7.38. The number of rotatable bonds is 7. The number of amides is 1. The molecular weight excluding hydrogens is 248 g/mol. The first-order valence-electron chi connectivity index (χ1n) is 6.02. The number of carbonyl (C=O) groups is 2. The predicted octanol–water partition coefficient (Wildman–Crippen LogP) is 1.22. The quantitative estimate of drug-likeness (QED) is 0.688. The van der Waals surface area contributed by atoms with Gasteiger partial charge in [0.2, 0.25) is 5.91 Å². The molecule has 0 bridgehead atoms. The molecule has 0 aliphatic rings. The molecule has 0 saturated carbocycles. The maximum absolute atomic E-state index is 11.7. The van der Waals surface area contributed by atoms with Crippen LogP contribution in [0.15, 0.2) is 24.3 Å². The lowest BCUT2D eigenvalue weighted by Crippen LogP contribution is -2.26. The molecule has 1 rings (SSSR count). The smallest absolute Gasteiger partial charge is 0.341 e. The van der Waals surface area contributed by atoms with Gasteiger partial charge in [0, 0.05) is 12.5 Å². The molecule has 1 aromatic carbocycles. The van der Waals surface area contributed by atoms with Crippen LogP contribution in [-0.2, 0) is 9.59 Å². The number of anilines is 1. The van der Waals surface area contributed by atoms with E-state index >= 15 is 0 Å². The Bertz CT molecular complexity index is 448. The Balaban J connectivity index is 2.66. The fourth-order valence-electron chi connectivity index (χ4n) is 1.42. The lowest BCUT2D eigenvalue weighted by molar-refractivity contribution is -0.139. The molecule has 1 amide bonds. The van der Waals surface area contributed by atoms with E-state index in [2.05, 4.69) is 5.32 Å². The first-order chi connectivity index (χ1) is 9.02. The molecule has 1 atom stereocenters. The van der Waals surface area contributed by atoms with Gasteiger partial charge in [-0.25, -0.2) is 4.79 Å². The van der Waals surface area contributed by atoms with Crippen LogP contribution >= 0.6 is 0 Å². The SMILES string of the molecule is CCC(N)CC(=O)Nc1ccccc1OCC(=O)O. The molecule has 0 radical (unpaired) electrons. The van der Waals surface area contributed by atoms with E-state index < -0.39 is 12.6 Å². The van der Waals surface area contributed by atoms with Gasteiger partial charge in [0.05, 0.1) is 5.69 Å². The summed E-state index contributed by atoms with van der Waals surface area (Å²) in [5, 5.41) is 11.2. The maximum atomic E-state index is 11.7. The van der Waals surface area contributed by atoms with Crippen LogP contribution in [0.3, 0.4) is 0 Å². The molecule has 4 N–H and O–H groups in total. The van der Waals surface area contributed by atoms with Crippen LogP contribution in [0.2, 0.25) is 0 Å². The molecule has 0 aliphatic heterocycles. The fraction of sp³-hybridized carbons (Fsp3) is 0.385. The summed E-state index contributed by atoms with van der Waals surface area (Å²) in [5.74, 6) is -0.974. The van der Waals surface area contributed by atoms with Gasteiger partial charge in [0.15, 0.2) is 6.61 Å². The number of benzene rings is 1. The Morgan fingerprint density at radius 3 is 2.74 bits per heavy atom. The molecule has 1 aromatic rings. The first kappa shape index (κ1) is 15.0. The molecule has 104 valence electrons. The number of hydrogen-bond donors (Lipinski definition) is 3. The third kappa shape index (κ3) is 5.39. The van der Waals surface area contributed by atoms with E-state index in [1.165, 1.54) is 0 Å². The van der Waals surface area contributed by atoms with Gasteiger partial charge in [-0.1, -0.05) is 19.1 Å². The molecule has 0 fully saturated rings. The maximum Gasteiger partial charge on any atom is 0.341 e. The zero-order chi connectivity index (χ0) is 14.3. The van der Waals surface area contributed by atoms with E-state index in [0.29, 0.717) is 17.9 Å². The van der Waals surface area contributed by atoms with E-state index in [0.717, 1.165) is 0 Å². The highest BCUT2D eigenvalue weighted by Crippen LogP contribution is 2.23. The molecule has 1 unspecified atom stereocenters. The van der Waals surface area contributed by atoms with Crippen molar-refractivity contribution in [2.24, 2.45) is 5.73 Å². The minimum atomic E-state index is -1.07. The molecule has 0 saturated heterocycles. The van der Waals surface area contributed by atoms with E-state index in [1.807, 2.05) is 6.92 Å². The number of hydrogen-bond acceptors (Lipinski definition) is 4. The van der Waals surface area contributed by atoms with Crippen molar-refractivity contribution in [3.8, 4) is 5.75 Å². The topological polar surface area (TPSA) is 102 Å². The Hall–Kier alpha value is -2.08. The normalized spacial score (nSPS) is 11.7. The monoisotopic (exact) mass is 266 g/mol. The van der Waals surface area contributed by atoms with E-state index in [9.17, 15) is 9.59 Å². The number of nitrogens with two attached hydrogens (primary N) is 1. The van der Waals surface area contributed by atoms with E-state index in [-0.39, 0.29) is 18.4 Å². The van der Waals surface area contributed by atoms with Gasteiger partial charge in [-0.15, -0.1) is 0 Å². The lowest BCUT2D eigenvalue weighted by Gasteiger charge is -2.12.